The van der Waals surface area contributed by atoms with E-state index in [2.05, 4.69) is 39.3 Å². The number of fused-ring (bicyclic) bond motifs is 1. The molecular weight excluding hydrogens is 248 g/mol. The molecule has 0 amide bonds. The molecule has 4 heteroatoms. The second-order valence-electron chi connectivity index (χ2n) is 4.60. The van der Waals surface area contributed by atoms with Gasteiger partial charge in [0.25, 0.3) is 0 Å². The molecule has 0 aliphatic rings. The number of anilines is 1. The standard InChI is InChI=1S/C16H16N4/c1-3-17-15-10-14(19-11(2)20-15)13-8-4-6-12-7-5-9-18-16(12)13/h4-10H,3H2,1-2H3,(H,17,19,20). The molecule has 3 aromatic rings. The second-order valence-corrected chi connectivity index (χ2v) is 4.60. The molecule has 0 fully saturated rings. The molecule has 0 saturated carbocycles. The molecule has 0 aliphatic heterocycles. The van der Waals surface area contributed by atoms with Crippen LogP contribution in [0.3, 0.4) is 0 Å². The summed E-state index contributed by atoms with van der Waals surface area (Å²) in [5, 5.41) is 4.35. The lowest BCUT2D eigenvalue weighted by Crippen LogP contribution is -2.02. The highest BCUT2D eigenvalue weighted by Crippen LogP contribution is 2.26. The van der Waals surface area contributed by atoms with Gasteiger partial charge in [-0.2, -0.15) is 0 Å². The zero-order chi connectivity index (χ0) is 13.9. The minimum Gasteiger partial charge on any atom is -0.370 e. The first-order valence-corrected chi connectivity index (χ1v) is 6.71. The van der Waals surface area contributed by atoms with Gasteiger partial charge in [0.1, 0.15) is 11.6 Å². The Balaban J connectivity index is 2.20. The summed E-state index contributed by atoms with van der Waals surface area (Å²) in [4.78, 5) is 13.4. The van der Waals surface area contributed by atoms with Crippen LogP contribution in [0, 0.1) is 6.92 Å². The number of benzene rings is 1. The smallest absolute Gasteiger partial charge is 0.130 e. The van der Waals surface area contributed by atoms with E-state index >= 15 is 0 Å². The number of hydrogen-bond acceptors (Lipinski definition) is 4. The van der Waals surface area contributed by atoms with E-state index in [9.17, 15) is 0 Å². The maximum absolute atomic E-state index is 4.55. The first-order chi connectivity index (χ1) is 9.78. The first kappa shape index (κ1) is 12.5. The molecule has 0 aliphatic carbocycles. The molecule has 0 atom stereocenters. The van der Waals surface area contributed by atoms with Crippen molar-refractivity contribution in [1.29, 1.82) is 0 Å². The number of pyridine rings is 1. The van der Waals surface area contributed by atoms with Crippen molar-refractivity contribution >= 4 is 16.7 Å². The van der Waals surface area contributed by atoms with Gasteiger partial charge < -0.3 is 5.32 Å². The van der Waals surface area contributed by atoms with Crippen LogP contribution in [0.1, 0.15) is 12.7 Å². The highest BCUT2D eigenvalue weighted by Gasteiger charge is 2.08. The van der Waals surface area contributed by atoms with Crippen molar-refractivity contribution in [2.24, 2.45) is 0 Å². The Morgan fingerprint density at radius 1 is 1.10 bits per heavy atom. The average molecular weight is 264 g/mol. The molecule has 100 valence electrons. The Hall–Kier alpha value is -2.49. The van der Waals surface area contributed by atoms with Gasteiger partial charge in [-0.1, -0.05) is 24.3 Å². The van der Waals surface area contributed by atoms with E-state index in [4.69, 9.17) is 0 Å². The second kappa shape index (κ2) is 5.25. The van der Waals surface area contributed by atoms with Crippen LogP contribution in [0.25, 0.3) is 22.2 Å². The predicted octanol–water partition coefficient (Wildman–Crippen LogP) is 3.43. The number of nitrogens with zero attached hydrogens (tertiary/aromatic N) is 3. The molecule has 0 saturated heterocycles. The third kappa shape index (κ3) is 2.32. The van der Waals surface area contributed by atoms with E-state index in [1.54, 1.807) is 0 Å². The van der Waals surface area contributed by atoms with E-state index in [0.717, 1.165) is 40.3 Å². The summed E-state index contributed by atoms with van der Waals surface area (Å²) in [5.41, 5.74) is 2.90. The topological polar surface area (TPSA) is 50.7 Å². The van der Waals surface area contributed by atoms with Gasteiger partial charge in [-0.3, -0.25) is 4.98 Å². The van der Waals surface area contributed by atoms with Crippen LogP contribution in [-0.2, 0) is 0 Å². The fraction of sp³-hybridized carbons (Fsp3) is 0.188. The van der Waals surface area contributed by atoms with E-state index in [0.29, 0.717) is 0 Å². The van der Waals surface area contributed by atoms with Gasteiger partial charge in [-0.05, 0) is 19.9 Å². The molecule has 0 spiro atoms. The number of aryl methyl sites for hydroxylation is 1. The van der Waals surface area contributed by atoms with Crippen molar-refractivity contribution in [2.75, 3.05) is 11.9 Å². The lowest BCUT2D eigenvalue weighted by Gasteiger charge is -2.09. The van der Waals surface area contributed by atoms with Crippen LogP contribution >= 0.6 is 0 Å². The average Bonchev–Trinajstić information content (AvgIpc) is 2.46. The number of para-hydroxylation sites is 1. The van der Waals surface area contributed by atoms with E-state index < -0.39 is 0 Å². The normalized spacial score (nSPS) is 10.7. The van der Waals surface area contributed by atoms with E-state index in [-0.39, 0.29) is 0 Å². The molecule has 2 heterocycles. The number of aromatic nitrogens is 3. The van der Waals surface area contributed by atoms with Crippen molar-refractivity contribution in [3.63, 3.8) is 0 Å². The van der Waals surface area contributed by atoms with Crippen LogP contribution in [0.15, 0.2) is 42.6 Å². The summed E-state index contributed by atoms with van der Waals surface area (Å²) in [5.74, 6) is 1.61. The minimum absolute atomic E-state index is 0.756. The van der Waals surface area contributed by atoms with Gasteiger partial charge in [0.2, 0.25) is 0 Å². The van der Waals surface area contributed by atoms with Crippen molar-refractivity contribution < 1.29 is 0 Å². The number of hydrogen-bond donors (Lipinski definition) is 1. The summed E-state index contributed by atoms with van der Waals surface area (Å²) in [7, 11) is 0. The van der Waals surface area contributed by atoms with E-state index in [1.807, 2.05) is 37.4 Å². The van der Waals surface area contributed by atoms with Crippen LogP contribution in [0.2, 0.25) is 0 Å². The van der Waals surface area contributed by atoms with Crippen molar-refractivity contribution in [2.45, 2.75) is 13.8 Å². The Bertz CT molecular complexity index is 747. The highest BCUT2D eigenvalue weighted by molar-refractivity contribution is 5.92. The zero-order valence-electron chi connectivity index (χ0n) is 11.6. The van der Waals surface area contributed by atoms with Gasteiger partial charge in [0, 0.05) is 29.8 Å². The highest BCUT2D eigenvalue weighted by atomic mass is 15.0. The Morgan fingerprint density at radius 2 is 1.95 bits per heavy atom. The molecular formula is C16H16N4. The quantitative estimate of drug-likeness (QED) is 0.787. The van der Waals surface area contributed by atoms with Gasteiger partial charge in [-0.25, -0.2) is 9.97 Å². The van der Waals surface area contributed by atoms with Gasteiger partial charge >= 0.3 is 0 Å². The van der Waals surface area contributed by atoms with Gasteiger partial charge in [-0.15, -0.1) is 0 Å². The van der Waals surface area contributed by atoms with Crippen LogP contribution in [0.5, 0.6) is 0 Å². The van der Waals surface area contributed by atoms with Crippen molar-refractivity contribution in [3.05, 3.63) is 48.4 Å². The summed E-state index contributed by atoms with van der Waals surface area (Å²) >= 11 is 0. The van der Waals surface area contributed by atoms with Crippen molar-refractivity contribution in [1.82, 2.24) is 15.0 Å². The molecule has 1 aromatic carbocycles. The molecule has 20 heavy (non-hydrogen) atoms. The lowest BCUT2D eigenvalue weighted by atomic mass is 10.1. The molecule has 1 N–H and O–H groups in total. The third-order valence-electron chi connectivity index (χ3n) is 3.10. The summed E-state index contributed by atoms with van der Waals surface area (Å²) in [6.45, 7) is 4.79. The number of rotatable bonds is 3. The predicted molar refractivity (Wildman–Crippen MR) is 81.7 cm³/mol. The minimum atomic E-state index is 0.756. The fourth-order valence-electron chi connectivity index (χ4n) is 2.29. The fourth-order valence-corrected chi connectivity index (χ4v) is 2.29. The number of nitrogens with one attached hydrogen (secondary N) is 1. The third-order valence-corrected chi connectivity index (χ3v) is 3.10. The van der Waals surface area contributed by atoms with Crippen LogP contribution in [0.4, 0.5) is 5.82 Å². The summed E-state index contributed by atoms with van der Waals surface area (Å²) < 4.78 is 0. The van der Waals surface area contributed by atoms with Crippen molar-refractivity contribution in [3.8, 4) is 11.3 Å². The maximum atomic E-state index is 4.55. The molecule has 2 aromatic heterocycles. The monoisotopic (exact) mass is 264 g/mol. The maximum Gasteiger partial charge on any atom is 0.130 e. The Morgan fingerprint density at radius 3 is 2.80 bits per heavy atom. The molecule has 0 unspecified atom stereocenters. The molecule has 3 rings (SSSR count). The Labute approximate surface area is 117 Å². The largest absolute Gasteiger partial charge is 0.370 e. The van der Waals surface area contributed by atoms with E-state index in [1.165, 1.54) is 0 Å². The summed E-state index contributed by atoms with van der Waals surface area (Å²) in [6, 6.07) is 12.1. The lowest BCUT2D eigenvalue weighted by molar-refractivity contribution is 1.04. The SMILES string of the molecule is CCNc1cc(-c2cccc3cccnc23)nc(C)n1. The van der Waals surface area contributed by atoms with Crippen LogP contribution < -0.4 is 5.32 Å². The molecule has 4 nitrogen and oxygen atoms in total. The first-order valence-electron chi connectivity index (χ1n) is 6.71. The molecule has 0 radical (unpaired) electrons. The van der Waals surface area contributed by atoms with Gasteiger partial charge in [0.05, 0.1) is 11.2 Å². The van der Waals surface area contributed by atoms with Gasteiger partial charge in [0.15, 0.2) is 0 Å². The molecule has 0 bridgehead atoms. The Kier molecular flexibility index (Phi) is 3.29. The van der Waals surface area contributed by atoms with Crippen LogP contribution in [-0.4, -0.2) is 21.5 Å². The summed E-state index contributed by atoms with van der Waals surface area (Å²) in [6.07, 6.45) is 1.81. The zero-order valence-corrected chi connectivity index (χ0v) is 11.6.